The van der Waals surface area contributed by atoms with Crippen LogP contribution in [0.25, 0.3) is 0 Å². The van der Waals surface area contributed by atoms with Gasteiger partial charge in [0.2, 0.25) is 0 Å². The van der Waals surface area contributed by atoms with Crippen LogP contribution in [0.3, 0.4) is 0 Å². The van der Waals surface area contributed by atoms with Crippen LogP contribution in [0.5, 0.6) is 0 Å². The molecule has 0 heterocycles. The molecule has 0 bridgehead atoms. The van der Waals surface area contributed by atoms with Crippen molar-refractivity contribution in [2.75, 3.05) is 13.2 Å². The fourth-order valence-corrected chi connectivity index (χ4v) is 1.92. The van der Waals surface area contributed by atoms with Crippen molar-refractivity contribution >= 4 is 0 Å². The molecule has 0 aliphatic heterocycles. The van der Waals surface area contributed by atoms with Gasteiger partial charge in [-0.3, -0.25) is 4.90 Å². The summed E-state index contributed by atoms with van der Waals surface area (Å²) in [6, 6.07) is 11.4. The van der Waals surface area contributed by atoms with E-state index in [4.69, 9.17) is 5.11 Å². The third-order valence-electron chi connectivity index (χ3n) is 2.90. The molecule has 0 radical (unpaired) electrons. The Bertz CT molecular complexity index is 282. The quantitative estimate of drug-likeness (QED) is 0.768. The summed E-state index contributed by atoms with van der Waals surface area (Å²) in [5, 5.41) is 8.86. The number of hydrogen-bond donors (Lipinski definition) is 1. The molecule has 1 aromatic carbocycles. The number of aliphatic hydroxyl groups is 1. The van der Waals surface area contributed by atoms with Crippen molar-refractivity contribution in [3.8, 4) is 0 Å². The molecule has 1 fully saturated rings. The third kappa shape index (κ3) is 3.33. The minimum Gasteiger partial charge on any atom is -0.396 e. The molecule has 0 unspecified atom stereocenters. The molecule has 0 atom stereocenters. The van der Waals surface area contributed by atoms with Gasteiger partial charge in [-0.25, -0.2) is 0 Å². The molecule has 0 amide bonds. The number of hydrogen-bond acceptors (Lipinski definition) is 2. The summed E-state index contributed by atoms with van der Waals surface area (Å²) in [6.07, 6.45) is 3.56. The summed E-state index contributed by atoms with van der Waals surface area (Å²) in [7, 11) is 0. The van der Waals surface area contributed by atoms with Crippen molar-refractivity contribution in [2.45, 2.75) is 31.8 Å². The summed E-state index contributed by atoms with van der Waals surface area (Å²) >= 11 is 0. The van der Waals surface area contributed by atoms with Gasteiger partial charge in [-0.1, -0.05) is 30.3 Å². The highest BCUT2D eigenvalue weighted by Gasteiger charge is 2.28. The van der Waals surface area contributed by atoms with E-state index in [0.29, 0.717) is 6.61 Å². The normalized spacial score (nSPS) is 15.9. The second-order valence-electron chi connectivity index (χ2n) is 4.26. The van der Waals surface area contributed by atoms with Crippen LogP contribution < -0.4 is 0 Å². The molecule has 0 saturated heterocycles. The molecule has 0 spiro atoms. The SMILES string of the molecule is OCCCN(Cc1ccccc1)C1CC1. The van der Waals surface area contributed by atoms with E-state index < -0.39 is 0 Å². The smallest absolute Gasteiger partial charge is 0.0443 e. The van der Waals surface area contributed by atoms with Crippen LogP contribution in [0, 0.1) is 0 Å². The second kappa shape index (κ2) is 5.29. The van der Waals surface area contributed by atoms with E-state index >= 15 is 0 Å². The number of rotatable bonds is 6. The number of nitrogens with zero attached hydrogens (tertiary/aromatic N) is 1. The van der Waals surface area contributed by atoms with Gasteiger partial charge < -0.3 is 5.11 Å². The highest BCUT2D eigenvalue weighted by Crippen LogP contribution is 2.28. The summed E-state index contributed by atoms with van der Waals surface area (Å²) < 4.78 is 0. The first-order valence-corrected chi connectivity index (χ1v) is 5.79. The first-order valence-electron chi connectivity index (χ1n) is 5.79. The van der Waals surface area contributed by atoms with Gasteiger partial charge in [-0.2, -0.15) is 0 Å². The highest BCUT2D eigenvalue weighted by atomic mass is 16.3. The summed E-state index contributed by atoms with van der Waals surface area (Å²) in [5.74, 6) is 0. The first-order chi connectivity index (χ1) is 7.40. The Kier molecular flexibility index (Phi) is 3.75. The zero-order valence-electron chi connectivity index (χ0n) is 9.10. The first kappa shape index (κ1) is 10.7. The van der Waals surface area contributed by atoms with Gasteiger partial charge in [0.25, 0.3) is 0 Å². The van der Waals surface area contributed by atoms with E-state index in [2.05, 4.69) is 35.2 Å². The standard InChI is InChI=1S/C13H19NO/c15-10-4-9-14(13-7-8-13)11-12-5-2-1-3-6-12/h1-3,5-6,13,15H,4,7-11H2. The Hall–Kier alpha value is -0.860. The number of benzene rings is 1. The average Bonchev–Trinajstić information content (AvgIpc) is 3.09. The van der Waals surface area contributed by atoms with Crippen LogP contribution in [0.2, 0.25) is 0 Å². The molecular weight excluding hydrogens is 186 g/mol. The summed E-state index contributed by atoms with van der Waals surface area (Å²) in [6.45, 7) is 2.36. The Morgan fingerprint density at radius 3 is 2.53 bits per heavy atom. The molecule has 1 aromatic rings. The van der Waals surface area contributed by atoms with Crippen LogP contribution in [-0.2, 0) is 6.54 Å². The van der Waals surface area contributed by atoms with E-state index in [-0.39, 0.29) is 0 Å². The van der Waals surface area contributed by atoms with Gasteiger partial charge >= 0.3 is 0 Å². The fourth-order valence-electron chi connectivity index (χ4n) is 1.92. The van der Waals surface area contributed by atoms with Crippen LogP contribution in [0.4, 0.5) is 0 Å². The van der Waals surface area contributed by atoms with Gasteiger partial charge in [-0.05, 0) is 24.8 Å². The van der Waals surface area contributed by atoms with Gasteiger partial charge in [-0.15, -0.1) is 0 Å². The summed E-state index contributed by atoms with van der Waals surface area (Å²) in [5.41, 5.74) is 1.38. The third-order valence-corrected chi connectivity index (χ3v) is 2.90. The Morgan fingerprint density at radius 2 is 1.93 bits per heavy atom. The lowest BCUT2D eigenvalue weighted by molar-refractivity contribution is 0.211. The lowest BCUT2D eigenvalue weighted by atomic mass is 10.2. The molecule has 1 aliphatic carbocycles. The van der Waals surface area contributed by atoms with E-state index in [0.717, 1.165) is 25.6 Å². The minimum absolute atomic E-state index is 0.304. The zero-order valence-corrected chi connectivity index (χ0v) is 9.10. The van der Waals surface area contributed by atoms with Crippen LogP contribution >= 0.6 is 0 Å². The molecule has 2 nitrogen and oxygen atoms in total. The molecular formula is C13H19NO. The Labute approximate surface area is 91.5 Å². The van der Waals surface area contributed by atoms with Crippen molar-refractivity contribution < 1.29 is 5.11 Å². The van der Waals surface area contributed by atoms with Crippen molar-refractivity contribution in [3.05, 3.63) is 35.9 Å². The molecule has 1 saturated carbocycles. The topological polar surface area (TPSA) is 23.5 Å². The monoisotopic (exact) mass is 205 g/mol. The molecule has 0 aromatic heterocycles. The van der Waals surface area contributed by atoms with Crippen molar-refractivity contribution in [1.82, 2.24) is 4.90 Å². The number of aliphatic hydroxyl groups excluding tert-OH is 1. The second-order valence-corrected chi connectivity index (χ2v) is 4.26. The molecule has 2 rings (SSSR count). The van der Waals surface area contributed by atoms with Gasteiger partial charge in [0.1, 0.15) is 0 Å². The van der Waals surface area contributed by atoms with Gasteiger partial charge in [0, 0.05) is 25.7 Å². The van der Waals surface area contributed by atoms with Crippen LogP contribution in [-0.4, -0.2) is 29.2 Å². The maximum absolute atomic E-state index is 8.86. The lowest BCUT2D eigenvalue weighted by Gasteiger charge is -2.21. The Morgan fingerprint density at radius 1 is 1.20 bits per heavy atom. The van der Waals surface area contributed by atoms with Crippen molar-refractivity contribution in [2.24, 2.45) is 0 Å². The van der Waals surface area contributed by atoms with Gasteiger partial charge in [0.05, 0.1) is 0 Å². The minimum atomic E-state index is 0.304. The molecule has 2 heteroatoms. The molecule has 82 valence electrons. The van der Waals surface area contributed by atoms with E-state index in [9.17, 15) is 0 Å². The summed E-state index contributed by atoms with van der Waals surface area (Å²) in [4.78, 5) is 2.49. The largest absolute Gasteiger partial charge is 0.396 e. The van der Waals surface area contributed by atoms with Crippen molar-refractivity contribution in [1.29, 1.82) is 0 Å². The Balaban J connectivity index is 1.88. The van der Waals surface area contributed by atoms with E-state index in [1.807, 2.05) is 0 Å². The molecule has 1 N–H and O–H groups in total. The maximum Gasteiger partial charge on any atom is 0.0443 e. The highest BCUT2D eigenvalue weighted by molar-refractivity contribution is 5.14. The zero-order chi connectivity index (χ0) is 10.5. The van der Waals surface area contributed by atoms with Crippen LogP contribution in [0.1, 0.15) is 24.8 Å². The van der Waals surface area contributed by atoms with Crippen LogP contribution in [0.15, 0.2) is 30.3 Å². The van der Waals surface area contributed by atoms with E-state index in [1.54, 1.807) is 0 Å². The average molecular weight is 205 g/mol. The predicted octanol–water partition coefficient (Wildman–Crippen LogP) is 2.03. The maximum atomic E-state index is 8.86. The molecule has 15 heavy (non-hydrogen) atoms. The van der Waals surface area contributed by atoms with Crippen molar-refractivity contribution in [3.63, 3.8) is 0 Å². The molecule has 1 aliphatic rings. The fraction of sp³-hybridized carbons (Fsp3) is 0.538. The van der Waals surface area contributed by atoms with E-state index in [1.165, 1.54) is 18.4 Å². The lowest BCUT2D eigenvalue weighted by Crippen LogP contribution is -2.27. The van der Waals surface area contributed by atoms with Gasteiger partial charge in [0.15, 0.2) is 0 Å². The predicted molar refractivity (Wildman–Crippen MR) is 61.6 cm³/mol.